The minimum absolute atomic E-state index is 0.0303. The zero-order valence-electron chi connectivity index (χ0n) is 20.8. The van der Waals surface area contributed by atoms with Gasteiger partial charge in [0.05, 0.1) is 37.6 Å². The molecule has 2 fully saturated rings. The molecule has 0 amide bonds. The molecule has 30 heavy (non-hydrogen) atoms. The van der Waals surface area contributed by atoms with E-state index in [0.29, 0.717) is 26.1 Å². The topological polar surface area (TPSA) is 84.0 Å². The first kappa shape index (κ1) is 26.4. The lowest BCUT2D eigenvalue weighted by molar-refractivity contribution is 0.00207. The SMILES string of the molecule is CC(C)(C)[Si](C)(C)OCC1OC1C[C@H](O)[C@@H](O)C[C@H]1O[C@@H]1CO[Si](C)(C)C(C)(C)C. The van der Waals surface area contributed by atoms with Crippen LogP contribution in [-0.2, 0) is 18.3 Å². The summed E-state index contributed by atoms with van der Waals surface area (Å²) in [5.41, 5.74) is 0. The van der Waals surface area contributed by atoms with Crippen molar-refractivity contribution < 1.29 is 28.5 Å². The van der Waals surface area contributed by atoms with Crippen molar-refractivity contribution in [1.29, 1.82) is 0 Å². The second-order valence-corrected chi connectivity index (χ2v) is 21.8. The molecule has 2 unspecified atom stereocenters. The molecule has 0 saturated carbocycles. The van der Waals surface area contributed by atoms with Crippen molar-refractivity contribution in [3.8, 4) is 0 Å². The lowest BCUT2D eigenvalue weighted by atomic mass is 10.0. The molecule has 2 saturated heterocycles. The van der Waals surface area contributed by atoms with Crippen LogP contribution in [0.15, 0.2) is 0 Å². The second kappa shape index (κ2) is 9.21. The van der Waals surface area contributed by atoms with Gasteiger partial charge in [0.25, 0.3) is 0 Å². The summed E-state index contributed by atoms with van der Waals surface area (Å²) in [6.07, 6.45) is -0.741. The lowest BCUT2D eigenvalue weighted by Crippen LogP contribution is -2.42. The highest BCUT2D eigenvalue weighted by Gasteiger charge is 2.47. The zero-order valence-corrected chi connectivity index (χ0v) is 22.8. The molecule has 0 spiro atoms. The van der Waals surface area contributed by atoms with E-state index in [0.717, 1.165) is 0 Å². The molecule has 6 atom stereocenters. The van der Waals surface area contributed by atoms with Gasteiger partial charge in [-0.2, -0.15) is 0 Å². The van der Waals surface area contributed by atoms with Crippen LogP contribution in [-0.4, -0.2) is 76.7 Å². The number of hydrogen-bond acceptors (Lipinski definition) is 6. The van der Waals surface area contributed by atoms with Crippen molar-refractivity contribution in [1.82, 2.24) is 0 Å². The van der Waals surface area contributed by atoms with Crippen molar-refractivity contribution in [2.24, 2.45) is 0 Å². The maximum atomic E-state index is 10.4. The quantitative estimate of drug-likeness (QED) is 0.356. The van der Waals surface area contributed by atoms with Gasteiger partial charge in [0, 0.05) is 12.8 Å². The molecule has 0 aromatic rings. The molecule has 6 nitrogen and oxygen atoms in total. The van der Waals surface area contributed by atoms with E-state index >= 15 is 0 Å². The Bertz CT molecular complexity index is 519. The van der Waals surface area contributed by atoms with Crippen LogP contribution in [0.4, 0.5) is 0 Å². The Labute approximate surface area is 185 Å². The molecule has 8 heteroatoms. The summed E-state index contributed by atoms with van der Waals surface area (Å²) < 4.78 is 23.7. The fraction of sp³-hybridized carbons (Fsp3) is 1.00. The summed E-state index contributed by atoms with van der Waals surface area (Å²) in [7, 11) is -3.58. The minimum atomic E-state index is -1.79. The largest absolute Gasteiger partial charge is 0.414 e. The third kappa shape index (κ3) is 7.10. The lowest BCUT2D eigenvalue weighted by Gasteiger charge is -2.36. The molecular formula is C22H46O6Si2. The van der Waals surface area contributed by atoms with Gasteiger partial charge in [-0.25, -0.2) is 0 Å². The monoisotopic (exact) mass is 462 g/mol. The van der Waals surface area contributed by atoms with Crippen LogP contribution in [0.5, 0.6) is 0 Å². The Morgan fingerprint density at radius 2 is 0.967 bits per heavy atom. The van der Waals surface area contributed by atoms with Crippen LogP contribution in [0.25, 0.3) is 0 Å². The molecule has 178 valence electrons. The van der Waals surface area contributed by atoms with E-state index < -0.39 is 28.8 Å². The standard InChI is InChI=1S/C22H46O6Si2/c1-21(2,3)29(7,8)25-13-19-17(27-19)11-15(23)16(24)12-18-20(28-18)14-26-30(9,10)22(4,5)6/h15-20,23-24H,11-14H2,1-10H3/t15-,16-,17+,18?,19+,20?/m0/s1. The zero-order chi connectivity index (χ0) is 23.1. The van der Waals surface area contributed by atoms with Gasteiger partial charge in [0.2, 0.25) is 0 Å². The number of aliphatic hydroxyl groups excluding tert-OH is 2. The molecule has 2 aliphatic heterocycles. The van der Waals surface area contributed by atoms with Crippen LogP contribution in [0, 0.1) is 0 Å². The molecule has 0 bridgehead atoms. The third-order valence-corrected chi connectivity index (χ3v) is 16.6. The summed E-state index contributed by atoms with van der Waals surface area (Å²) >= 11 is 0. The molecule has 2 heterocycles. The van der Waals surface area contributed by atoms with Gasteiger partial charge in [-0.15, -0.1) is 0 Å². The maximum absolute atomic E-state index is 10.4. The molecule has 2 aliphatic rings. The van der Waals surface area contributed by atoms with Crippen LogP contribution >= 0.6 is 0 Å². The Morgan fingerprint density at radius 1 is 0.667 bits per heavy atom. The first-order valence-electron chi connectivity index (χ1n) is 11.4. The minimum Gasteiger partial charge on any atom is -0.414 e. The van der Waals surface area contributed by atoms with E-state index in [4.69, 9.17) is 18.3 Å². The maximum Gasteiger partial charge on any atom is 0.192 e. The van der Waals surface area contributed by atoms with Crippen molar-refractivity contribution in [3.05, 3.63) is 0 Å². The third-order valence-electron chi connectivity index (χ3n) is 7.60. The van der Waals surface area contributed by atoms with Crippen LogP contribution < -0.4 is 0 Å². The molecular weight excluding hydrogens is 416 g/mol. The average Bonchev–Trinajstić information content (AvgIpc) is 3.47. The number of epoxide rings is 2. The summed E-state index contributed by atoms with van der Waals surface area (Å²) in [6, 6.07) is 0. The number of aliphatic hydroxyl groups is 2. The van der Waals surface area contributed by atoms with Gasteiger partial charge in [0.15, 0.2) is 16.6 Å². The molecule has 0 aliphatic carbocycles. The molecule has 2 N–H and O–H groups in total. The van der Waals surface area contributed by atoms with E-state index in [9.17, 15) is 10.2 Å². The fourth-order valence-corrected chi connectivity index (χ4v) is 4.90. The van der Waals surface area contributed by atoms with Crippen LogP contribution in [0.3, 0.4) is 0 Å². The Morgan fingerprint density at radius 3 is 1.23 bits per heavy atom. The predicted octanol–water partition coefficient (Wildman–Crippen LogP) is 4.07. The predicted molar refractivity (Wildman–Crippen MR) is 125 cm³/mol. The molecule has 2 rings (SSSR count). The summed E-state index contributed by atoms with van der Waals surface area (Å²) in [5.74, 6) is 0. The molecule has 0 aromatic heterocycles. The van der Waals surface area contributed by atoms with Crippen LogP contribution in [0.2, 0.25) is 36.3 Å². The summed E-state index contributed by atoms with van der Waals surface area (Å²) in [5, 5.41) is 21.1. The van der Waals surface area contributed by atoms with E-state index in [1.807, 2.05) is 0 Å². The number of rotatable bonds is 11. The Balaban J connectivity index is 1.64. The Kier molecular flexibility index (Phi) is 8.12. The van der Waals surface area contributed by atoms with Gasteiger partial charge < -0.3 is 28.5 Å². The van der Waals surface area contributed by atoms with Crippen molar-refractivity contribution in [3.63, 3.8) is 0 Å². The van der Waals surface area contributed by atoms with E-state index in [-0.39, 0.29) is 34.5 Å². The number of ether oxygens (including phenoxy) is 2. The highest BCUT2D eigenvalue weighted by molar-refractivity contribution is 6.74. The average molecular weight is 463 g/mol. The molecule has 0 radical (unpaired) electrons. The Hall–Kier alpha value is 0.194. The van der Waals surface area contributed by atoms with Gasteiger partial charge in [0.1, 0.15) is 12.2 Å². The second-order valence-electron chi connectivity index (χ2n) is 12.2. The first-order valence-corrected chi connectivity index (χ1v) is 17.2. The highest BCUT2D eigenvalue weighted by Crippen LogP contribution is 2.39. The normalized spacial score (nSPS) is 29.6. The van der Waals surface area contributed by atoms with Gasteiger partial charge in [-0.05, 0) is 36.3 Å². The molecule has 0 aromatic carbocycles. The first-order chi connectivity index (χ1) is 13.4. The van der Waals surface area contributed by atoms with E-state index in [1.165, 1.54) is 0 Å². The van der Waals surface area contributed by atoms with E-state index in [2.05, 4.69) is 67.7 Å². The van der Waals surface area contributed by atoms with Crippen molar-refractivity contribution in [2.75, 3.05) is 13.2 Å². The summed E-state index contributed by atoms with van der Waals surface area (Å²) in [4.78, 5) is 0. The summed E-state index contributed by atoms with van der Waals surface area (Å²) in [6.45, 7) is 23.4. The van der Waals surface area contributed by atoms with Crippen molar-refractivity contribution in [2.45, 2.75) is 127 Å². The van der Waals surface area contributed by atoms with Crippen LogP contribution in [0.1, 0.15) is 54.4 Å². The number of hydrogen-bond donors (Lipinski definition) is 2. The van der Waals surface area contributed by atoms with Gasteiger partial charge in [-0.3, -0.25) is 0 Å². The van der Waals surface area contributed by atoms with Gasteiger partial charge >= 0.3 is 0 Å². The highest BCUT2D eigenvalue weighted by atomic mass is 28.4. The van der Waals surface area contributed by atoms with Crippen molar-refractivity contribution >= 4 is 16.6 Å². The van der Waals surface area contributed by atoms with Gasteiger partial charge in [-0.1, -0.05) is 41.5 Å². The smallest absolute Gasteiger partial charge is 0.192 e. The van der Waals surface area contributed by atoms with E-state index in [1.54, 1.807) is 0 Å². The fourth-order valence-electron chi connectivity index (χ4n) is 2.87.